The number of methoxy groups -OCH3 is 1. The van der Waals surface area contributed by atoms with E-state index in [9.17, 15) is 4.79 Å². The van der Waals surface area contributed by atoms with Crippen LogP contribution in [-0.4, -0.2) is 40.2 Å². The SMILES string of the molecule is CC[C@@]1(C(=O)NC)CCc2c(sc3ncnc(Nc4cc5cn[nH]c5cc4OC)c23)C1. The molecule has 3 N–H and O–H groups in total. The lowest BCUT2D eigenvalue weighted by Crippen LogP contribution is -2.42. The highest BCUT2D eigenvalue weighted by molar-refractivity contribution is 7.19. The van der Waals surface area contributed by atoms with Gasteiger partial charge in [0, 0.05) is 23.4 Å². The third kappa shape index (κ3) is 3.11. The molecule has 0 saturated heterocycles. The first kappa shape index (κ1) is 19.7. The van der Waals surface area contributed by atoms with Gasteiger partial charge in [0.05, 0.1) is 35.3 Å². The summed E-state index contributed by atoms with van der Waals surface area (Å²) >= 11 is 1.67. The molecule has 1 aromatic carbocycles. The Kier molecular flexibility index (Phi) is 4.77. The molecule has 3 aromatic heterocycles. The summed E-state index contributed by atoms with van der Waals surface area (Å²) in [4.78, 5) is 23.9. The van der Waals surface area contributed by atoms with E-state index in [2.05, 4.69) is 37.7 Å². The number of aromatic amines is 1. The molecule has 3 heterocycles. The minimum absolute atomic E-state index is 0.126. The Morgan fingerprint density at radius 2 is 2.23 bits per heavy atom. The van der Waals surface area contributed by atoms with Crippen molar-refractivity contribution in [3.63, 3.8) is 0 Å². The number of hydrogen-bond donors (Lipinski definition) is 3. The van der Waals surface area contributed by atoms with Gasteiger partial charge in [0.25, 0.3) is 0 Å². The summed E-state index contributed by atoms with van der Waals surface area (Å²) < 4.78 is 5.59. The number of hydrogen-bond acceptors (Lipinski definition) is 7. The van der Waals surface area contributed by atoms with Gasteiger partial charge in [-0.3, -0.25) is 9.89 Å². The summed E-state index contributed by atoms with van der Waals surface area (Å²) in [6.07, 6.45) is 6.58. The number of anilines is 2. The van der Waals surface area contributed by atoms with E-state index < -0.39 is 0 Å². The Bertz CT molecular complexity index is 1300. The highest BCUT2D eigenvalue weighted by Crippen LogP contribution is 2.46. The Morgan fingerprint density at radius 3 is 3.00 bits per heavy atom. The topological polar surface area (TPSA) is 105 Å². The fourth-order valence-electron chi connectivity index (χ4n) is 4.59. The molecule has 0 bridgehead atoms. The van der Waals surface area contributed by atoms with Crippen LogP contribution in [0.1, 0.15) is 30.2 Å². The maximum atomic E-state index is 12.6. The van der Waals surface area contributed by atoms with E-state index in [-0.39, 0.29) is 11.3 Å². The number of benzene rings is 1. The van der Waals surface area contributed by atoms with Crippen molar-refractivity contribution in [2.24, 2.45) is 5.41 Å². The molecule has 160 valence electrons. The van der Waals surface area contributed by atoms with Gasteiger partial charge < -0.3 is 15.4 Å². The summed E-state index contributed by atoms with van der Waals surface area (Å²) in [5, 5.41) is 15.4. The average Bonchev–Trinajstić information content (AvgIpc) is 3.41. The van der Waals surface area contributed by atoms with Gasteiger partial charge in [-0.2, -0.15) is 5.10 Å². The molecule has 5 rings (SSSR count). The molecule has 9 heteroatoms. The van der Waals surface area contributed by atoms with Crippen LogP contribution in [0, 0.1) is 5.41 Å². The molecule has 0 aliphatic heterocycles. The largest absolute Gasteiger partial charge is 0.494 e. The molecule has 1 aliphatic rings. The van der Waals surface area contributed by atoms with E-state index in [1.807, 2.05) is 12.1 Å². The van der Waals surface area contributed by atoms with Crippen LogP contribution in [0.25, 0.3) is 21.1 Å². The normalized spacial score (nSPS) is 18.2. The summed E-state index contributed by atoms with van der Waals surface area (Å²) in [6, 6.07) is 3.92. The van der Waals surface area contributed by atoms with Crippen molar-refractivity contribution in [1.82, 2.24) is 25.5 Å². The van der Waals surface area contributed by atoms with Gasteiger partial charge in [-0.25, -0.2) is 9.97 Å². The van der Waals surface area contributed by atoms with E-state index in [1.54, 1.807) is 38.0 Å². The van der Waals surface area contributed by atoms with Crippen LogP contribution in [0.5, 0.6) is 5.75 Å². The first-order valence-electron chi connectivity index (χ1n) is 10.3. The molecular formula is C22H24N6O2S. The smallest absolute Gasteiger partial charge is 0.226 e. The van der Waals surface area contributed by atoms with E-state index in [0.29, 0.717) is 5.75 Å². The standard InChI is InChI=1S/C22H24N6O2S/c1-4-22(21(29)23-2)6-5-13-17(9-22)31-20-18(13)19(24-11-25-20)27-15-7-12-10-26-28-14(12)8-16(15)30-3/h7-8,10-11H,4-6,9H2,1-3H3,(H,23,29)(H,26,28)(H,24,25,27)/t22-/m1/s1. The number of aromatic nitrogens is 4. The molecule has 0 unspecified atom stereocenters. The van der Waals surface area contributed by atoms with Crippen LogP contribution in [-0.2, 0) is 17.6 Å². The van der Waals surface area contributed by atoms with Gasteiger partial charge in [0.15, 0.2) is 0 Å². The van der Waals surface area contributed by atoms with Crippen LogP contribution in [0.2, 0.25) is 0 Å². The van der Waals surface area contributed by atoms with Gasteiger partial charge in [0.1, 0.15) is 22.7 Å². The Hall–Kier alpha value is -3.20. The van der Waals surface area contributed by atoms with Crippen molar-refractivity contribution in [3.05, 3.63) is 35.1 Å². The maximum Gasteiger partial charge on any atom is 0.226 e. The lowest BCUT2D eigenvalue weighted by atomic mass is 9.71. The zero-order valence-corrected chi connectivity index (χ0v) is 18.5. The zero-order valence-electron chi connectivity index (χ0n) is 17.7. The molecule has 1 aliphatic carbocycles. The average molecular weight is 437 g/mol. The van der Waals surface area contributed by atoms with E-state index in [4.69, 9.17) is 4.74 Å². The Morgan fingerprint density at radius 1 is 1.35 bits per heavy atom. The van der Waals surface area contributed by atoms with E-state index in [0.717, 1.165) is 58.3 Å². The number of fused-ring (bicyclic) bond motifs is 4. The number of nitrogens with zero attached hydrogens (tertiary/aromatic N) is 3. The van der Waals surface area contributed by atoms with Gasteiger partial charge >= 0.3 is 0 Å². The summed E-state index contributed by atoms with van der Waals surface area (Å²) in [5.74, 6) is 1.59. The quantitative estimate of drug-likeness (QED) is 0.438. The third-order valence-electron chi connectivity index (χ3n) is 6.42. The minimum Gasteiger partial charge on any atom is -0.494 e. The second-order valence-electron chi connectivity index (χ2n) is 7.93. The van der Waals surface area contributed by atoms with Gasteiger partial charge in [-0.05, 0) is 37.3 Å². The second kappa shape index (κ2) is 7.49. The monoisotopic (exact) mass is 436 g/mol. The van der Waals surface area contributed by atoms with Crippen LogP contribution < -0.4 is 15.4 Å². The number of nitrogens with one attached hydrogen (secondary N) is 3. The molecule has 0 radical (unpaired) electrons. The van der Waals surface area contributed by atoms with E-state index in [1.165, 1.54) is 10.4 Å². The van der Waals surface area contributed by atoms with Crippen molar-refractivity contribution in [2.75, 3.05) is 19.5 Å². The highest BCUT2D eigenvalue weighted by Gasteiger charge is 2.41. The lowest BCUT2D eigenvalue weighted by molar-refractivity contribution is -0.131. The van der Waals surface area contributed by atoms with Gasteiger partial charge in [0.2, 0.25) is 5.91 Å². The number of ether oxygens (including phenoxy) is 1. The first-order valence-corrected chi connectivity index (χ1v) is 11.2. The molecule has 8 nitrogen and oxygen atoms in total. The summed E-state index contributed by atoms with van der Waals surface area (Å²) in [6.45, 7) is 2.10. The van der Waals surface area contributed by atoms with Crippen LogP contribution in [0.3, 0.4) is 0 Å². The van der Waals surface area contributed by atoms with Crippen molar-refractivity contribution < 1.29 is 9.53 Å². The number of rotatable bonds is 5. The van der Waals surface area contributed by atoms with Gasteiger partial charge in [-0.15, -0.1) is 11.3 Å². The second-order valence-corrected chi connectivity index (χ2v) is 9.01. The number of aryl methyl sites for hydroxylation is 1. The Balaban J connectivity index is 1.58. The molecule has 1 atom stereocenters. The number of thiophene rings is 1. The zero-order chi connectivity index (χ0) is 21.6. The molecule has 0 fully saturated rings. The summed E-state index contributed by atoms with van der Waals surface area (Å²) in [7, 11) is 3.37. The Labute approximate surface area is 183 Å². The fourth-order valence-corrected chi connectivity index (χ4v) is 5.92. The fraction of sp³-hybridized carbons (Fsp3) is 0.364. The number of H-pyrrole nitrogens is 1. The van der Waals surface area contributed by atoms with E-state index >= 15 is 0 Å². The first-order chi connectivity index (χ1) is 15.1. The van der Waals surface area contributed by atoms with Crippen molar-refractivity contribution in [3.8, 4) is 5.75 Å². The number of carbonyl (C=O) groups is 1. The number of amides is 1. The predicted molar refractivity (Wildman–Crippen MR) is 122 cm³/mol. The molecule has 4 aromatic rings. The molecule has 31 heavy (non-hydrogen) atoms. The molecular weight excluding hydrogens is 412 g/mol. The maximum absolute atomic E-state index is 12.6. The van der Waals surface area contributed by atoms with Crippen LogP contribution in [0.15, 0.2) is 24.7 Å². The lowest BCUT2D eigenvalue weighted by Gasteiger charge is -2.34. The van der Waals surface area contributed by atoms with Crippen molar-refractivity contribution in [2.45, 2.75) is 32.6 Å². The molecule has 0 saturated carbocycles. The molecule has 1 amide bonds. The highest BCUT2D eigenvalue weighted by atomic mass is 32.1. The van der Waals surface area contributed by atoms with Crippen molar-refractivity contribution >= 4 is 49.9 Å². The molecule has 0 spiro atoms. The third-order valence-corrected chi connectivity index (χ3v) is 7.56. The minimum atomic E-state index is -0.348. The summed E-state index contributed by atoms with van der Waals surface area (Å²) in [5.41, 5.74) is 2.63. The van der Waals surface area contributed by atoms with Crippen molar-refractivity contribution in [1.29, 1.82) is 0 Å². The number of carbonyl (C=O) groups excluding carboxylic acids is 1. The van der Waals surface area contributed by atoms with Gasteiger partial charge in [-0.1, -0.05) is 6.92 Å². The predicted octanol–water partition coefficient (Wildman–Crippen LogP) is 3.95. The van der Waals surface area contributed by atoms with Crippen LogP contribution in [0.4, 0.5) is 11.5 Å². The van der Waals surface area contributed by atoms with Crippen LogP contribution >= 0.6 is 11.3 Å².